The van der Waals surface area contributed by atoms with E-state index in [0.717, 1.165) is 6.54 Å². The van der Waals surface area contributed by atoms with Gasteiger partial charge in [-0.3, -0.25) is 0 Å². The first kappa shape index (κ1) is 10.0. The van der Waals surface area contributed by atoms with Gasteiger partial charge < -0.3 is 5.32 Å². The molecule has 0 fully saturated rings. The van der Waals surface area contributed by atoms with E-state index in [0.29, 0.717) is 5.92 Å². The molecule has 0 bridgehead atoms. The molecule has 1 unspecified atom stereocenters. The maximum atomic E-state index is 3.18. The van der Waals surface area contributed by atoms with E-state index in [4.69, 9.17) is 0 Å². The molecule has 0 aromatic heterocycles. The monoisotopic (exact) mass is 175 g/mol. The summed E-state index contributed by atoms with van der Waals surface area (Å²) in [6, 6.07) is 0. The van der Waals surface area contributed by atoms with Crippen LogP contribution in [0.1, 0.15) is 6.92 Å². The minimum atomic E-state index is 0.567. The van der Waals surface area contributed by atoms with Crippen molar-refractivity contribution in [1.82, 2.24) is 5.32 Å². The van der Waals surface area contributed by atoms with Gasteiger partial charge in [-0.1, -0.05) is 49.5 Å². The summed E-state index contributed by atoms with van der Waals surface area (Å²) >= 11 is 0. The zero-order chi connectivity index (χ0) is 9.52. The van der Waals surface area contributed by atoms with Crippen molar-refractivity contribution in [3.8, 4) is 0 Å². The fourth-order valence-electron chi connectivity index (χ4n) is 1.33. The standard InChI is InChI=1S/C12H17N/c1-11(10-13-2)12-8-6-4-3-5-7-9-12/h3-9,11,13H,10H2,1-2H3/b4-3-,5-3?,6-4?,7-5+,8-6?,9-7?,12-8?,12-9?. The van der Waals surface area contributed by atoms with Crippen molar-refractivity contribution < 1.29 is 0 Å². The van der Waals surface area contributed by atoms with Crippen LogP contribution in [0.15, 0.2) is 48.1 Å². The van der Waals surface area contributed by atoms with Gasteiger partial charge >= 0.3 is 0 Å². The van der Waals surface area contributed by atoms with Crippen LogP contribution in [0.2, 0.25) is 0 Å². The van der Waals surface area contributed by atoms with Crippen LogP contribution in [0.4, 0.5) is 0 Å². The second-order valence-corrected chi connectivity index (χ2v) is 3.25. The third-order valence-corrected chi connectivity index (χ3v) is 2.10. The molecule has 0 saturated carbocycles. The summed E-state index contributed by atoms with van der Waals surface area (Å²) in [6.45, 7) is 3.25. The summed E-state index contributed by atoms with van der Waals surface area (Å²) in [6.07, 6.45) is 14.6. The summed E-state index contributed by atoms with van der Waals surface area (Å²) < 4.78 is 0. The topological polar surface area (TPSA) is 12.0 Å². The first-order chi connectivity index (χ1) is 6.34. The van der Waals surface area contributed by atoms with Crippen LogP contribution in [0, 0.1) is 5.92 Å². The Kier molecular flexibility index (Phi) is 4.27. The van der Waals surface area contributed by atoms with E-state index in [1.165, 1.54) is 5.57 Å². The number of nitrogens with one attached hydrogen (secondary N) is 1. The predicted molar refractivity (Wildman–Crippen MR) is 58.6 cm³/mol. The largest absolute Gasteiger partial charge is 0.319 e. The molecule has 1 rings (SSSR count). The van der Waals surface area contributed by atoms with Gasteiger partial charge in [0.2, 0.25) is 0 Å². The van der Waals surface area contributed by atoms with Gasteiger partial charge in [0.05, 0.1) is 0 Å². The van der Waals surface area contributed by atoms with Crippen molar-refractivity contribution in [2.24, 2.45) is 5.92 Å². The van der Waals surface area contributed by atoms with Gasteiger partial charge in [-0.15, -0.1) is 0 Å². The Morgan fingerprint density at radius 1 is 1.15 bits per heavy atom. The maximum absolute atomic E-state index is 3.18. The Bertz CT molecular complexity index is 256. The van der Waals surface area contributed by atoms with E-state index in [-0.39, 0.29) is 0 Å². The third kappa shape index (κ3) is 3.43. The third-order valence-electron chi connectivity index (χ3n) is 2.10. The van der Waals surface area contributed by atoms with Crippen molar-refractivity contribution >= 4 is 0 Å². The quantitative estimate of drug-likeness (QED) is 0.694. The molecule has 0 aromatic rings. The molecule has 1 heteroatoms. The van der Waals surface area contributed by atoms with Crippen LogP contribution < -0.4 is 5.32 Å². The van der Waals surface area contributed by atoms with Crippen LogP contribution in [0.25, 0.3) is 0 Å². The van der Waals surface area contributed by atoms with Gasteiger partial charge in [0, 0.05) is 6.54 Å². The van der Waals surface area contributed by atoms with Gasteiger partial charge in [0.1, 0.15) is 0 Å². The van der Waals surface area contributed by atoms with Crippen LogP contribution >= 0.6 is 0 Å². The van der Waals surface area contributed by atoms with Crippen molar-refractivity contribution in [2.45, 2.75) is 6.92 Å². The van der Waals surface area contributed by atoms with Gasteiger partial charge in [-0.25, -0.2) is 0 Å². The molecule has 1 atom stereocenters. The van der Waals surface area contributed by atoms with E-state index in [2.05, 4.69) is 48.7 Å². The first-order valence-corrected chi connectivity index (χ1v) is 4.71. The molecule has 0 aliphatic heterocycles. The Morgan fingerprint density at radius 3 is 2.62 bits per heavy atom. The number of hydrogen-bond acceptors (Lipinski definition) is 1. The molecular weight excluding hydrogens is 158 g/mol. The predicted octanol–water partition coefficient (Wildman–Crippen LogP) is 2.45. The summed E-state index contributed by atoms with van der Waals surface area (Å²) in [5, 5.41) is 3.18. The maximum Gasteiger partial charge on any atom is 0.00144 e. The van der Waals surface area contributed by atoms with E-state index >= 15 is 0 Å². The number of allylic oxidation sites excluding steroid dienone is 7. The van der Waals surface area contributed by atoms with Crippen LogP contribution in [-0.2, 0) is 0 Å². The Balaban J connectivity index is 2.66. The minimum absolute atomic E-state index is 0.567. The smallest absolute Gasteiger partial charge is 0.00144 e. The lowest BCUT2D eigenvalue weighted by molar-refractivity contribution is 0.630. The molecule has 0 amide bonds. The number of hydrogen-bond donors (Lipinski definition) is 1. The van der Waals surface area contributed by atoms with Crippen molar-refractivity contribution in [3.63, 3.8) is 0 Å². The van der Waals surface area contributed by atoms with E-state index in [1.807, 2.05) is 13.1 Å². The van der Waals surface area contributed by atoms with Crippen LogP contribution in [-0.4, -0.2) is 13.6 Å². The molecule has 0 spiro atoms. The summed E-state index contributed by atoms with van der Waals surface area (Å²) in [5.41, 5.74) is 1.37. The Morgan fingerprint density at radius 2 is 1.85 bits per heavy atom. The zero-order valence-corrected chi connectivity index (χ0v) is 8.33. The minimum Gasteiger partial charge on any atom is -0.319 e. The molecule has 1 aliphatic rings. The molecule has 1 N–H and O–H groups in total. The molecule has 1 aliphatic carbocycles. The molecule has 1 nitrogen and oxygen atoms in total. The first-order valence-electron chi connectivity index (χ1n) is 4.71. The summed E-state index contributed by atoms with van der Waals surface area (Å²) in [4.78, 5) is 0. The van der Waals surface area contributed by atoms with Gasteiger partial charge in [-0.05, 0) is 18.5 Å². The van der Waals surface area contributed by atoms with Crippen LogP contribution in [0.3, 0.4) is 0 Å². The highest BCUT2D eigenvalue weighted by Gasteiger charge is 2.03. The van der Waals surface area contributed by atoms with Crippen molar-refractivity contribution in [2.75, 3.05) is 13.6 Å². The zero-order valence-electron chi connectivity index (χ0n) is 8.33. The lowest BCUT2D eigenvalue weighted by Gasteiger charge is -2.11. The second kappa shape index (κ2) is 5.55. The normalized spacial score (nSPS) is 22.8. The molecule has 13 heavy (non-hydrogen) atoms. The molecule has 0 heterocycles. The average Bonchev–Trinajstić information content (AvgIpc) is 2.03. The van der Waals surface area contributed by atoms with Crippen LogP contribution in [0.5, 0.6) is 0 Å². The highest BCUT2D eigenvalue weighted by molar-refractivity contribution is 5.32. The fourth-order valence-corrected chi connectivity index (χ4v) is 1.33. The molecule has 0 saturated heterocycles. The van der Waals surface area contributed by atoms with Gasteiger partial charge in [-0.2, -0.15) is 0 Å². The van der Waals surface area contributed by atoms with E-state index in [1.54, 1.807) is 0 Å². The van der Waals surface area contributed by atoms with Crippen molar-refractivity contribution in [3.05, 3.63) is 48.1 Å². The highest BCUT2D eigenvalue weighted by atomic mass is 14.8. The number of rotatable bonds is 3. The van der Waals surface area contributed by atoms with E-state index in [9.17, 15) is 0 Å². The highest BCUT2D eigenvalue weighted by Crippen LogP contribution is 2.12. The Hall–Kier alpha value is -1.08. The molecule has 70 valence electrons. The second-order valence-electron chi connectivity index (χ2n) is 3.25. The lowest BCUT2D eigenvalue weighted by atomic mass is 9.99. The summed E-state index contributed by atoms with van der Waals surface area (Å²) in [7, 11) is 1.99. The van der Waals surface area contributed by atoms with Crippen molar-refractivity contribution in [1.29, 1.82) is 0 Å². The molecular formula is C12H17N. The SMILES string of the molecule is CNCC(C)C1=C/C=C/C=C\C=C1. The lowest BCUT2D eigenvalue weighted by Crippen LogP contribution is -2.17. The summed E-state index contributed by atoms with van der Waals surface area (Å²) in [5.74, 6) is 0.567. The average molecular weight is 175 g/mol. The fraction of sp³-hybridized carbons (Fsp3) is 0.333. The Labute approximate surface area is 80.5 Å². The van der Waals surface area contributed by atoms with Gasteiger partial charge in [0.15, 0.2) is 0 Å². The van der Waals surface area contributed by atoms with E-state index < -0.39 is 0 Å². The molecule has 0 radical (unpaired) electrons. The molecule has 0 aromatic carbocycles. The van der Waals surface area contributed by atoms with Gasteiger partial charge in [0.25, 0.3) is 0 Å².